The molecule has 0 aliphatic carbocycles. The molecule has 19 heavy (non-hydrogen) atoms. The van der Waals surface area contributed by atoms with E-state index in [1.807, 2.05) is 6.92 Å². The van der Waals surface area contributed by atoms with E-state index < -0.39 is 0 Å². The molecule has 0 unspecified atom stereocenters. The smallest absolute Gasteiger partial charge is 0.203 e. The van der Waals surface area contributed by atoms with Crippen LogP contribution in [0.5, 0.6) is 0 Å². The van der Waals surface area contributed by atoms with Gasteiger partial charge in [-0.1, -0.05) is 12.1 Å². The Morgan fingerprint density at radius 2 is 1.95 bits per heavy atom. The fourth-order valence-corrected chi connectivity index (χ4v) is 2.55. The number of nitrogens with zero attached hydrogens (tertiary/aromatic N) is 2. The predicted molar refractivity (Wildman–Crippen MR) is 88.3 cm³/mol. The molecule has 0 atom stereocenters. The Labute approximate surface area is 127 Å². The van der Waals surface area contributed by atoms with E-state index in [1.165, 1.54) is 9.77 Å². The molecule has 0 saturated carbocycles. The molecule has 1 aromatic carbocycles. The van der Waals surface area contributed by atoms with E-state index in [-0.39, 0.29) is 12.4 Å². The van der Waals surface area contributed by atoms with Gasteiger partial charge in [0.1, 0.15) is 0 Å². The number of aryl methyl sites for hydroxylation is 2. The molecule has 0 spiro atoms. The van der Waals surface area contributed by atoms with E-state index in [4.69, 9.17) is 0 Å². The fraction of sp³-hybridized carbons (Fsp3) is 0.231. The van der Waals surface area contributed by atoms with Crippen LogP contribution in [0.15, 0.2) is 34.3 Å². The lowest BCUT2D eigenvalue weighted by Crippen LogP contribution is -1.89. The van der Waals surface area contributed by atoms with Gasteiger partial charge in [0.25, 0.3) is 0 Å². The molecule has 2 aromatic rings. The summed E-state index contributed by atoms with van der Waals surface area (Å²) < 4.78 is 0. The number of aromatic nitrogens is 1. The number of halogens is 1. The predicted octanol–water partition coefficient (Wildman–Crippen LogP) is 4.35. The highest BCUT2D eigenvalue weighted by Crippen LogP contribution is 2.20. The highest BCUT2D eigenvalue weighted by Gasteiger charge is 2.00. The van der Waals surface area contributed by atoms with Crippen LogP contribution in [-0.2, 0) is 0 Å². The van der Waals surface area contributed by atoms with Gasteiger partial charge < -0.3 is 0 Å². The number of rotatable bonds is 4. The van der Waals surface area contributed by atoms with Gasteiger partial charge in [-0.2, -0.15) is 5.10 Å². The second kappa shape index (κ2) is 7.53. The van der Waals surface area contributed by atoms with Crippen molar-refractivity contribution in [3.63, 3.8) is 0 Å². The monoisotopic (exact) mass is 313 g/mol. The van der Waals surface area contributed by atoms with Crippen LogP contribution in [0, 0.1) is 13.8 Å². The average molecular weight is 314 g/mol. The highest BCUT2D eigenvalue weighted by molar-refractivity contribution is 7.98. The van der Waals surface area contributed by atoms with Crippen molar-refractivity contribution >= 4 is 46.9 Å². The largest absolute Gasteiger partial charge is 0.253 e. The molecule has 6 heteroatoms. The standard InChI is InChI=1S/C13H15N3S2.ClH/c1-9-10(2)18-13(15-9)16-14-8-11-4-6-12(17-3)7-5-11;/h4-8H,1-3H3,(H,15,16);1H. The summed E-state index contributed by atoms with van der Waals surface area (Å²) in [6.07, 6.45) is 3.87. The molecule has 2 rings (SSSR count). The second-order valence-electron chi connectivity index (χ2n) is 3.80. The van der Waals surface area contributed by atoms with Crippen molar-refractivity contribution in [3.8, 4) is 0 Å². The third-order valence-corrected chi connectivity index (χ3v) is 4.24. The lowest BCUT2D eigenvalue weighted by atomic mass is 10.2. The molecular weight excluding hydrogens is 298 g/mol. The number of benzene rings is 1. The van der Waals surface area contributed by atoms with Crippen LogP contribution >= 0.6 is 35.5 Å². The normalized spacial score (nSPS) is 10.5. The Morgan fingerprint density at radius 1 is 1.26 bits per heavy atom. The van der Waals surface area contributed by atoms with Crippen molar-refractivity contribution < 1.29 is 0 Å². The number of anilines is 1. The van der Waals surface area contributed by atoms with Crippen LogP contribution in [0.2, 0.25) is 0 Å². The van der Waals surface area contributed by atoms with Gasteiger partial charge in [0.2, 0.25) is 5.13 Å². The van der Waals surface area contributed by atoms with Crippen LogP contribution in [0.1, 0.15) is 16.1 Å². The average Bonchev–Trinajstić information content (AvgIpc) is 2.69. The lowest BCUT2D eigenvalue weighted by molar-refractivity contribution is 1.20. The summed E-state index contributed by atoms with van der Waals surface area (Å²) in [5.74, 6) is 0. The summed E-state index contributed by atoms with van der Waals surface area (Å²) in [5, 5.41) is 5.02. The summed E-state index contributed by atoms with van der Waals surface area (Å²) in [7, 11) is 0. The highest BCUT2D eigenvalue weighted by atomic mass is 35.5. The first-order chi connectivity index (χ1) is 8.69. The van der Waals surface area contributed by atoms with Gasteiger partial charge in [-0.3, -0.25) is 5.43 Å². The van der Waals surface area contributed by atoms with Gasteiger partial charge in [-0.05, 0) is 37.8 Å². The molecule has 1 N–H and O–H groups in total. The number of nitrogens with one attached hydrogen (secondary N) is 1. The summed E-state index contributed by atoms with van der Waals surface area (Å²) >= 11 is 3.35. The number of thioether (sulfide) groups is 1. The first-order valence-corrected chi connectivity index (χ1v) is 7.60. The van der Waals surface area contributed by atoms with Crippen molar-refractivity contribution in [3.05, 3.63) is 40.4 Å². The Kier molecular flexibility index (Phi) is 6.34. The molecule has 0 saturated heterocycles. The van der Waals surface area contributed by atoms with Crippen molar-refractivity contribution in [1.82, 2.24) is 4.98 Å². The number of hydrogen-bond acceptors (Lipinski definition) is 5. The molecule has 0 fully saturated rings. The minimum absolute atomic E-state index is 0. The Bertz CT molecular complexity index is 530. The summed E-state index contributed by atoms with van der Waals surface area (Å²) in [6.45, 7) is 4.06. The molecule has 0 aliphatic heterocycles. The van der Waals surface area contributed by atoms with Crippen LogP contribution in [0.25, 0.3) is 0 Å². The molecule has 1 aromatic heterocycles. The zero-order valence-corrected chi connectivity index (χ0v) is 13.5. The quantitative estimate of drug-likeness (QED) is 0.518. The van der Waals surface area contributed by atoms with E-state index in [9.17, 15) is 0 Å². The fourth-order valence-electron chi connectivity index (χ4n) is 1.37. The summed E-state index contributed by atoms with van der Waals surface area (Å²) in [4.78, 5) is 6.83. The zero-order chi connectivity index (χ0) is 13.0. The molecular formula is C13H16ClN3S2. The topological polar surface area (TPSA) is 37.3 Å². The van der Waals surface area contributed by atoms with E-state index in [0.717, 1.165) is 16.4 Å². The molecule has 0 radical (unpaired) electrons. The third kappa shape index (κ3) is 4.53. The third-order valence-electron chi connectivity index (χ3n) is 2.52. The minimum Gasteiger partial charge on any atom is -0.253 e. The first-order valence-electron chi connectivity index (χ1n) is 5.56. The Morgan fingerprint density at radius 3 is 2.47 bits per heavy atom. The van der Waals surface area contributed by atoms with Gasteiger partial charge in [0.15, 0.2) is 0 Å². The molecule has 3 nitrogen and oxygen atoms in total. The molecule has 0 amide bonds. The Hall–Kier alpha value is -1.04. The van der Waals surface area contributed by atoms with Crippen LogP contribution in [-0.4, -0.2) is 17.5 Å². The van der Waals surface area contributed by atoms with Gasteiger partial charge in [-0.15, -0.1) is 35.5 Å². The maximum atomic E-state index is 4.36. The molecule has 1 heterocycles. The van der Waals surface area contributed by atoms with Crippen LogP contribution in [0.3, 0.4) is 0 Å². The molecule has 0 aliphatic rings. The maximum Gasteiger partial charge on any atom is 0.203 e. The van der Waals surface area contributed by atoms with E-state index in [0.29, 0.717) is 0 Å². The number of hydrazone groups is 1. The lowest BCUT2D eigenvalue weighted by Gasteiger charge is -1.97. The van der Waals surface area contributed by atoms with Crippen LogP contribution in [0.4, 0.5) is 5.13 Å². The van der Waals surface area contributed by atoms with E-state index in [2.05, 4.69) is 53.0 Å². The van der Waals surface area contributed by atoms with Crippen molar-refractivity contribution in [2.75, 3.05) is 11.7 Å². The summed E-state index contributed by atoms with van der Waals surface area (Å²) in [5.41, 5.74) is 5.09. The van der Waals surface area contributed by atoms with Gasteiger partial charge >= 0.3 is 0 Å². The minimum atomic E-state index is 0. The van der Waals surface area contributed by atoms with Crippen LogP contribution < -0.4 is 5.43 Å². The van der Waals surface area contributed by atoms with Crippen molar-refractivity contribution in [2.45, 2.75) is 18.7 Å². The molecule has 0 bridgehead atoms. The first kappa shape index (κ1) is 16.0. The summed E-state index contributed by atoms with van der Waals surface area (Å²) in [6, 6.07) is 8.28. The number of hydrogen-bond donors (Lipinski definition) is 1. The molecule has 102 valence electrons. The van der Waals surface area contributed by atoms with Crippen molar-refractivity contribution in [1.29, 1.82) is 0 Å². The van der Waals surface area contributed by atoms with E-state index >= 15 is 0 Å². The van der Waals surface area contributed by atoms with Crippen molar-refractivity contribution in [2.24, 2.45) is 5.10 Å². The SMILES string of the molecule is CSc1ccc(C=NNc2nc(C)c(C)s2)cc1.Cl. The zero-order valence-electron chi connectivity index (χ0n) is 11.0. The second-order valence-corrected chi connectivity index (χ2v) is 5.89. The Balaban J connectivity index is 0.00000180. The maximum absolute atomic E-state index is 4.36. The van der Waals surface area contributed by atoms with E-state index in [1.54, 1.807) is 29.3 Å². The van der Waals surface area contributed by atoms with Gasteiger partial charge in [0.05, 0.1) is 11.9 Å². The van der Waals surface area contributed by atoms with Gasteiger partial charge in [-0.25, -0.2) is 4.98 Å². The van der Waals surface area contributed by atoms with Gasteiger partial charge in [0, 0.05) is 9.77 Å². The number of thiazole rings is 1.